The number of ether oxygens (including phenoxy) is 2. The third-order valence-corrected chi connectivity index (χ3v) is 3.83. The molecule has 5 nitrogen and oxygen atoms in total. The number of carbonyl (C=O) groups excluding carboxylic acids is 2. The van der Waals surface area contributed by atoms with E-state index in [4.69, 9.17) is 21.1 Å². The third kappa shape index (κ3) is 3.12. The summed E-state index contributed by atoms with van der Waals surface area (Å²) < 4.78 is 10.2. The van der Waals surface area contributed by atoms with Crippen LogP contribution in [-0.2, 0) is 19.1 Å². The number of anilines is 1. The van der Waals surface area contributed by atoms with Crippen LogP contribution in [0.2, 0.25) is 5.02 Å². The smallest absolute Gasteiger partial charge is 0.356 e. The highest BCUT2D eigenvalue weighted by atomic mass is 35.5. The second-order valence-electron chi connectivity index (χ2n) is 5.11. The van der Waals surface area contributed by atoms with Gasteiger partial charge in [0.15, 0.2) is 6.10 Å². The molecule has 2 aromatic rings. The Morgan fingerprint density at radius 1 is 1.12 bits per heavy atom. The molecule has 1 heterocycles. The van der Waals surface area contributed by atoms with Gasteiger partial charge in [0.05, 0.1) is 7.11 Å². The van der Waals surface area contributed by atoms with Crippen molar-refractivity contribution < 1.29 is 19.1 Å². The molecule has 122 valence electrons. The van der Waals surface area contributed by atoms with E-state index in [0.29, 0.717) is 16.3 Å². The predicted molar refractivity (Wildman–Crippen MR) is 89.4 cm³/mol. The summed E-state index contributed by atoms with van der Waals surface area (Å²) in [4.78, 5) is 24.5. The molecule has 24 heavy (non-hydrogen) atoms. The molecule has 0 saturated heterocycles. The van der Waals surface area contributed by atoms with E-state index in [0.717, 1.165) is 0 Å². The van der Waals surface area contributed by atoms with Gasteiger partial charge >= 0.3 is 11.9 Å². The lowest BCUT2D eigenvalue weighted by atomic mass is 10.0. The summed E-state index contributed by atoms with van der Waals surface area (Å²) in [7, 11) is 1.26. The van der Waals surface area contributed by atoms with E-state index in [-0.39, 0.29) is 11.3 Å². The van der Waals surface area contributed by atoms with Crippen molar-refractivity contribution in [3.05, 3.63) is 76.5 Å². The first kappa shape index (κ1) is 16.1. The summed E-state index contributed by atoms with van der Waals surface area (Å²) in [5.74, 6) is -1.24. The molecule has 0 aliphatic carbocycles. The molecule has 1 atom stereocenters. The lowest BCUT2D eigenvalue weighted by Crippen LogP contribution is -2.14. The van der Waals surface area contributed by atoms with Gasteiger partial charge in [-0.2, -0.15) is 0 Å². The van der Waals surface area contributed by atoms with Gasteiger partial charge in [0.2, 0.25) is 0 Å². The van der Waals surface area contributed by atoms with E-state index in [2.05, 4.69) is 5.32 Å². The Morgan fingerprint density at radius 3 is 2.42 bits per heavy atom. The number of nitrogens with one attached hydrogen (secondary N) is 1. The van der Waals surface area contributed by atoms with Gasteiger partial charge in [-0.05, 0) is 29.8 Å². The van der Waals surface area contributed by atoms with Gasteiger partial charge in [-0.15, -0.1) is 0 Å². The monoisotopic (exact) mass is 343 g/mol. The Hall–Kier alpha value is -2.79. The largest absolute Gasteiger partial charge is 0.465 e. The average Bonchev–Trinajstić information content (AvgIpc) is 2.92. The molecule has 1 unspecified atom stereocenters. The Morgan fingerprint density at radius 2 is 1.79 bits per heavy atom. The highest BCUT2D eigenvalue weighted by Crippen LogP contribution is 2.36. The first-order valence-electron chi connectivity index (χ1n) is 7.21. The fourth-order valence-corrected chi connectivity index (χ4v) is 2.57. The van der Waals surface area contributed by atoms with Crippen LogP contribution in [0.25, 0.3) is 0 Å². The summed E-state index contributed by atoms with van der Waals surface area (Å²) in [5, 5.41) is 3.50. The Labute approximate surface area is 143 Å². The van der Waals surface area contributed by atoms with Gasteiger partial charge in [0, 0.05) is 10.7 Å². The number of halogens is 1. The van der Waals surface area contributed by atoms with Crippen LogP contribution in [0, 0.1) is 0 Å². The summed E-state index contributed by atoms with van der Waals surface area (Å²) >= 11 is 5.89. The second-order valence-corrected chi connectivity index (χ2v) is 5.54. The number of hydrogen-bond donors (Lipinski definition) is 1. The molecule has 1 N–H and O–H groups in total. The van der Waals surface area contributed by atoms with E-state index >= 15 is 0 Å². The van der Waals surface area contributed by atoms with Crippen molar-refractivity contribution in [1.29, 1.82) is 0 Å². The summed E-state index contributed by atoms with van der Waals surface area (Å²) in [6.45, 7) is 0. The highest BCUT2D eigenvalue weighted by molar-refractivity contribution is 6.30. The number of esters is 2. The van der Waals surface area contributed by atoms with Gasteiger partial charge in [0.25, 0.3) is 0 Å². The van der Waals surface area contributed by atoms with Crippen LogP contribution < -0.4 is 5.32 Å². The Bertz CT molecular complexity index is 800. The summed E-state index contributed by atoms with van der Waals surface area (Å²) in [5.41, 5.74) is 1.52. The quantitative estimate of drug-likeness (QED) is 0.861. The maximum atomic E-state index is 12.3. The average molecular weight is 344 g/mol. The van der Waals surface area contributed by atoms with E-state index in [9.17, 15) is 9.59 Å². The zero-order chi connectivity index (χ0) is 17.1. The van der Waals surface area contributed by atoms with E-state index < -0.39 is 18.0 Å². The van der Waals surface area contributed by atoms with Crippen molar-refractivity contribution in [2.45, 2.75) is 6.10 Å². The summed E-state index contributed by atoms with van der Waals surface area (Å²) in [6, 6.07) is 15.8. The van der Waals surface area contributed by atoms with Gasteiger partial charge in [-0.1, -0.05) is 41.9 Å². The lowest BCUT2D eigenvalue weighted by molar-refractivity contribution is -0.141. The van der Waals surface area contributed by atoms with Crippen molar-refractivity contribution in [3.8, 4) is 0 Å². The molecular formula is C18H14ClNO4. The first-order chi connectivity index (χ1) is 11.6. The van der Waals surface area contributed by atoms with Crippen LogP contribution in [0.15, 0.2) is 65.9 Å². The fraction of sp³-hybridized carbons (Fsp3) is 0.111. The number of cyclic esters (lactones) is 1. The highest BCUT2D eigenvalue weighted by Gasteiger charge is 2.40. The van der Waals surface area contributed by atoms with E-state index in [1.165, 1.54) is 7.11 Å². The van der Waals surface area contributed by atoms with Gasteiger partial charge in [-0.3, -0.25) is 0 Å². The van der Waals surface area contributed by atoms with Crippen LogP contribution >= 0.6 is 11.6 Å². The van der Waals surface area contributed by atoms with Crippen LogP contribution in [0.1, 0.15) is 11.7 Å². The molecule has 0 bridgehead atoms. The van der Waals surface area contributed by atoms with E-state index in [1.807, 2.05) is 18.2 Å². The molecule has 2 aromatic carbocycles. The van der Waals surface area contributed by atoms with Crippen LogP contribution in [-0.4, -0.2) is 19.0 Å². The molecule has 0 amide bonds. The van der Waals surface area contributed by atoms with Crippen molar-refractivity contribution in [2.24, 2.45) is 0 Å². The van der Waals surface area contributed by atoms with Crippen molar-refractivity contribution in [2.75, 3.05) is 12.4 Å². The normalized spacial score (nSPS) is 16.8. The zero-order valence-electron chi connectivity index (χ0n) is 12.8. The predicted octanol–water partition coefficient (Wildman–Crippen LogP) is 3.48. The standard InChI is InChI=1S/C18H14ClNO4/c1-23-17(21)14-15(20-13-5-3-2-4-6-13)18(22)24-16(14)11-7-9-12(19)10-8-11/h2-10,16,20H,1H3. The van der Waals surface area contributed by atoms with Crippen LogP contribution in [0.3, 0.4) is 0 Å². The maximum Gasteiger partial charge on any atom is 0.356 e. The Kier molecular flexibility index (Phi) is 4.53. The number of carbonyl (C=O) groups is 2. The molecule has 1 aliphatic rings. The maximum absolute atomic E-state index is 12.3. The lowest BCUT2D eigenvalue weighted by Gasteiger charge is -2.13. The second kappa shape index (κ2) is 6.76. The topological polar surface area (TPSA) is 64.6 Å². The van der Waals surface area contributed by atoms with Crippen molar-refractivity contribution in [3.63, 3.8) is 0 Å². The molecule has 0 fully saturated rings. The van der Waals surface area contributed by atoms with E-state index in [1.54, 1.807) is 36.4 Å². The number of rotatable bonds is 4. The minimum Gasteiger partial charge on any atom is -0.465 e. The number of hydrogen-bond acceptors (Lipinski definition) is 5. The minimum absolute atomic E-state index is 0.0769. The first-order valence-corrected chi connectivity index (χ1v) is 7.59. The van der Waals surface area contributed by atoms with Gasteiger partial charge < -0.3 is 14.8 Å². The SMILES string of the molecule is COC(=O)C1=C(Nc2ccccc2)C(=O)OC1c1ccc(Cl)cc1. The minimum atomic E-state index is -0.839. The number of methoxy groups -OCH3 is 1. The van der Waals surface area contributed by atoms with Crippen molar-refractivity contribution in [1.82, 2.24) is 0 Å². The molecule has 6 heteroatoms. The van der Waals surface area contributed by atoms with Gasteiger partial charge in [-0.25, -0.2) is 9.59 Å². The third-order valence-electron chi connectivity index (χ3n) is 3.58. The van der Waals surface area contributed by atoms with Crippen molar-refractivity contribution >= 4 is 29.2 Å². The molecule has 3 rings (SSSR count). The molecule has 0 radical (unpaired) electrons. The molecule has 0 saturated carbocycles. The van der Waals surface area contributed by atoms with Gasteiger partial charge in [0.1, 0.15) is 11.3 Å². The van der Waals surface area contributed by atoms with Crippen LogP contribution in [0.5, 0.6) is 0 Å². The Balaban J connectivity index is 2.03. The van der Waals surface area contributed by atoms with Crippen LogP contribution in [0.4, 0.5) is 5.69 Å². The fourth-order valence-electron chi connectivity index (χ4n) is 2.44. The molecular weight excluding hydrogens is 330 g/mol. The molecule has 1 aliphatic heterocycles. The molecule has 0 aromatic heterocycles. The zero-order valence-corrected chi connectivity index (χ0v) is 13.5. The summed E-state index contributed by atoms with van der Waals surface area (Å²) in [6.07, 6.45) is -0.839. The number of para-hydroxylation sites is 1. The molecule has 0 spiro atoms. The number of benzene rings is 2.